The molecule has 1 aromatic rings. The third-order valence-corrected chi connectivity index (χ3v) is 3.71. The summed E-state index contributed by atoms with van der Waals surface area (Å²) < 4.78 is 0. The number of carbonyl (C=O) groups excluding carboxylic acids is 1. The Bertz CT molecular complexity index is 451. The molecule has 3 N–H and O–H groups in total. The van der Waals surface area contributed by atoms with Crippen LogP contribution in [0.2, 0.25) is 0 Å². The lowest BCUT2D eigenvalue weighted by atomic mass is 9.95. The third kappa shape index (κ3) is 3.70. The van der Waals surface area contributed by atoms with Crippen molar-refractivity contribution in [3.05, 3.63) is 29.3 Å². The van der Waals surface area contributed by atoms with Crippen LogP contribution < -0.4 is 10.6 Å². The first-order valence-electron chi connectivity index (χ1n) is 6.87. The van der Waals surface area contributed by atoms with Gasteiger partial charge < -0.3 is 15.7 Å². The maximum atomic E-state index is 12.0. The molecule has 2 rings (SSSR count). The van der Waals surface area contributed by atoms with Crippen LogP contribution in [-0.2, 0) is 0 Å². The predicted molar refractivity (Wildman–Crippen MR) is 75.4 cm³/mol. The van der Waals surface area contributed by atoms with Crippen LogP contribution >= 0.6 is 0 Å². The molecule has 1 saturated heterocycles. The highest BCUT2D eigenvalue weighted by molar-refractivity contribution is 5.96. The first-order valence-corrected chi connectivity index (χ1v) is 6.87. The lowest BCUT2D eigenvalue weighted by Gasteiger charge is -2.27. The monoisotopic (exact) mass is 262 g/mol. The Labute approximate surface area is 114 Å². The molecule has 1 amide bonds. The van der Waals surface area contributed by atoms with Crippen LogP contribution in [0.5, 0.6) is 5.75 Å². The van der Waals surface area contributed by atoms with E-state index in [1.165, 1.54) is 0 Å². The molecule has 0 saturated carbocycles. The molecule has 1 aliphatic heterocycles. The summed E-state index contributed by atoms with van der Waals surface area (Å²) in [5.41, 5.74) is 1.33. The van der Waals surface area contributed by atoms with Crippen molar-refractivity contribution in [1.82, 2.24) is 10.6 Å². The number of hydrogen-bond acceptors (Lipinski definition) is 3. The average Bonchev–Trinajstić information content (AvgIpc) is 2.40. The normalized spacial score (nSPS) is 23.1. The molecule has 0 bridgehead atoms. The molecule has 1 aliphatic rings. The first kappa shape index (κ1) is 13.9. The van der Waals surface area contributed by atoms with E-state index >= 15 is 0 Å². The number of hydrogen-bond donors (Lipinski definition) is 3. The van der Waals surface area contributed by atoms with Crippen LogP contribution in [-0.4, -0.2) is 30.1 Å². The highest BCUT2D eigenvalue weighted by Crippen LogP contribution is 2.18. The molecule has 0 aromatic heterocycles. The molecule has 2 atom stereocenters. The number of amides is 1. The molecule has 1 aromatic carbocycles. The van der Waals surface area contributed by atoms with Crippen molar-refractivity contribution >= 4 is 5.91 Å². The van der Waals surface area contributed by atoms with Gasteiger partial charge in [0.25, 0.3) is 5.91 Å². The van der Waals surface area contributed by atoms with Gasteiger partial charge in [0.1, 0.15) is 5.75 Å². The van der Waals surface area contributed by atoms with Gasteiger partial charge in [-0.2, -0.15) is 0 Å². The fourth-order valence-electron chi connectivity index (χ4n) is 2.40. The molecule has 0 radical (unpaired) electrons. The second-order valence-corrected chi connectivity index (χ2v) is 5.48. The van der Waals surface area contributed by atoms with Crippen molar-refractivity contribution in [3.8, 4) is 5.75 Å². The highest BCUT2D eigenvalue weighted by Gasteiger charge is 2.19. The number of aryl methyl sites for hydroxylation is 1. The molecule has 1 heterocycles. The van der Waals surface area contributed by atoms with Crippen molar-refractivity contribution in [1.29, 1.82) is 0 Å². The number of phenolic OH excluding ortho intramolecular Hbond substituents is 1. The molecule has 1 fully saturated rings. The summed E-state index contributed by atoms with van der Waals surface area (Å²) in [5, 5.41) is 16.0. The molecule has 4 heteroatoms. The van der Waals surface area contributed by atoms with Gasteiger partial charge in [0.2, 0.25) is 0 Å². The van der Waals surface area contributed by atoms with Crippen LogP contribution in [0.15, 0.2) is 18.2 Å². The number of benzene rings is 1. The van der Waals surface area contributed by atoms with Gasteiger partial charge in [-0.25, -0.2) is 0 Å². The lowest BCUT2D eigenvalue weighted by molar-refractivity contribution is 0.0941. The summed E-state index contributed by atoms with van der Waals surface area (Å²) >= 11 is 0. The van der Waals surface area contributed by atoms with Gasteiger partial charge in [0.15, 0.2) is 0 Å². The highest BCUT2D eigenvalue weighted by atomic mass is 16.3. The van der Waals surface area contributed by atoms with E-state index in [2.05, 4.69) is 17.6 Å². The summed E-state index contributed by atoms with van der Waals surface area (Å²) in [7, 11) is 0. The summed E-state index contributed by atoms with van der Waals surface area (Å²) in [5.74, 6) is 0.324. The van der Waals surface area contributed by atoms with Crippen LogP contribution in [0.1, 0.15) is 35.7 Å². The Morgan fingerprint density at radius 2 is 2.26 bits per heavy atom. The van der Waals surface area contributed by atoms with Crippen molar-refractivity contribution in [2.45, 2.75) is 32.7 Å². The Morgan fingerprint density at radius 1 is 1.47 bits per heavy atom. The molecular formula is C15H22N2O2. The van der Waals surface area contributed by atoms with E-state index in [0.29, 0.717) is 24.1 Å². The minimum absolute atomic E-state index is 0.0403. The number of rotatable bonds is 3. The lowest BCUT2D eigenvalue weighted by Crippen LogP contribution is -2.41. The van der Waals surface area contributed by atoms with Crippen molar-refractivity contribution in [3.63, 3.8) is 0 Å². The Kier molecular flexibility index (Phi) is 4.43. The summed E-state index contributed by atoms with van der Waals surface area (Å²) in [6, 6.07) is 5.64. The second-order valence-electron chi connectivity index (χ2n) is 5.48. The van der Waals surface area contributed by atoms with E-state index in [1.54, 1.807) is 18.2 Å². The zero-order valence-electron chi connectivity index (χ0n) is 11.6. The minimum Gasteiger partial charge on any atom is -0.507 e. The number of piperidine rings is 1. The molecule has 19 heavy (non-hydrogen) atoms. The average molecular weight is 262 g/mol. The van der Waals surface area contributed by atoms with Crippen molar-refractivity contribution in [2.24, 2.45) is 5.92 Å². The van der Waals surface area contributed by atoms with Gasteiger partial charge in [-0.15, -0.1) is 0 Å². The van der Waals surface area contributed by atoms with Crippen molar-refractivity contribution in [2.75, 3.05) is 13.1 Å². The number of nitrogens with one attached hydrogen (secondary N) is 2. The van der Waals surface area contributed by atoms with E-state index in [4.69, 9.17) is 0 Å². The molecular weight excluding hydrogens is 240 g/mol. The molecule has 104 valence electrons. The maximum Gasteiger partial charge on any atom is 0.255 e. The fourth-order valence-corrected chi connectivity index (χ4v) is 2.40. The van der Waals surface area contributed by atoms with Crippen molar-refractivity contribution < 1.29 is 9.90 Å². The molecule has 0 spiro atoms. The maximum absolute atomic E-state index is 12.0. The van der Waals surface area contributed by atoms with Crippen LogP contribution in [0.4, 0.5) is 0 Å². The van der Waals surface area contributed by atoms with Gasteiger partial charge >= 0.3 is 0 Å². The molecule has 0 aliphatic carbocycles. The summed E-state index contributed by atoms with van der Waals surface area (Å²) in [6.45, 7) is 5.69. The van der Waals surface area contributed by atoms with Crippen LogP contribution in [0.3, 0.4) is 0 Å². The van der Waals surface area contributed by atoms with E-state index in [9.17, 15) is 9.90 Å². The fraction of sp³-hybridized carbons (Fsp3) is 0.533. The van der Waals surface area contributed by atoms with Gasteiger partial charge in [-0.1, -0.05) is 11.6 Å². The SMILES string of the molecule is Cc1ccc(O)c(C(=O)NCC2CCC(C)NC2)c1. The quantitative estimate of drug-likeness (QED) is 0.778. The zero-order valence-corrected chi connectivity index (χ0v) is 11.6. The van der Waals surface area contributed by atoms with Gasteiger partial charge in [-0.3, -0.25) is 4.79 Å². The predicted octanol–water partition coefficient (Wildman–Crippen LogP) is 1.82. The second kappa shape index (κ2) is 6.06. The van der Waals surface area contributed by atoms with Gasteiger partial charge in [0, 0.05) is 12.6 Å². The number of phenols is 1. The summed E-state index contributed by atoms with van der Waals surface area (Å²) in [4.78, 5) is 12.0. The Morgan fingerprint density at radius 3 is 2.95 bits per heavy atom. The number of carbonyl (C=O) groups is 1. The first-order chi connectivity index (χ1) is 9.06. The van der Waals surface area contributed by atoms with E-state index < -0.39 is 0 Å². The molecule has 4 nitrogen and oxygen atoms in total. The third-order valence-electron chi connectivity index (χ3n) is 3.71. The Balaban J connectivity index is 1.89. The summed E-state index contributed by atoms with van der Waals surface area (Å²) in [6.07, 6.45) is 2.28. The number of aromatic hydroxyl groups is 1. The Hall–Kier alpha value is -1.55. The van der Waals surface area contributed by atoms with Crippen LogP contribution in [0, 0.1) is 12.8 Å². The van der Waals surface area contributed by atoms with E-state index in [0.717, 1.165) is 24.9 Å². The zero-order chi connectivity index (χ0) is 13.8. The van der Waals surface area contributed by atoms with Gasteiger partial charge in [-0.05, 0) is 51.3 Å². The van der Waals surface area contributed by atoms with Crippen LogP contribution in [0.25, 0.3) is 0 Å². The van der Waals surface area contributed by atoms with E-state index in [-0.39, 0.29) is 11.7 Å². The smallest absolute Gasteiger partial charge is 0.255 e. The van der Waals surface area contributed by atoms with Gasteiger partial charge in [0.05, 0.1) is 5.56 Å². The van der Waals surface area contributed by atoms with E-state index in [1.807, 2.05) is 6.92 Å². The largest absolute Gasteiger partial charge is 0.507 e. The standard InChI is InChI=1S/C15H22N2O2/c1-10-3-6-14(18)13(7-10)15(19)17-9-12-5-4-11(2)16-8-12/h3,6-7,11-12,16,18H,4-5,8-9H2,1-2H3,(H,17,19). The topological polar surface area (TPSA) is 61.4 Å². The molecule has 2 unspecified atom stereocenters. The minimum atomic E-state index is -0.195.